The second-order valence-corrected chi connectivity index (χ2v) is 7.69. The fraction of sp³-hybridized carbons (Fsp3) is 0.200. The number of oxime groups is 1. The summed E-state index contributed by atoms with van der Waals surface area (Å²) in [5.41, 5.74) is 3.89. The number of fused-ring (bicyclic) bond motifs is 1. The van der Waals surface area contributed by atoms with E-state index in [9.17, 15) is 4.79 Å². The highest BCUT2D eigenvalue weighted by Gasteiger charge is 2.24. The predicted molar refractivity (Wildman–Crippen MR) is 125 cm³/mol. The number of rotatable bonds is 8. The Morgan fingerprint density at radius 3 is 2.72 bits per heavy atom. The Balaban J connectivity index is 1.31. The summed E-state index contributed by atoms with van der Waals surface area (Å²) in [6, 6.07) is 20.8. The molecule has 1 aliphatic heterocycles. The number of para-hydroxylation sites is 1. The molecule has 0 bridgehead atoms. The largest absolute Gasteiger partial charge is 0.493 e. The fourth-order valence-electron chi connectivity index (χ4n) is 3.49. The highest BCUT2D eigenvalue weighted by molar-refractivity contribution is 6.30. The van der Waals surface area contributed by atoms with Crippen LogP contribution in [0.4, 0.5) is 5.69 Å². The van der Waals surface area contributed by atoms with E-state index in [1.807, 2.05) is 60.7 Å². The minimum atomic E-state index is -0.121. The average Bonchev–Trinajstić information content (AvgIpc) is 3.26. The number of hydrogen-bond acceptors (Lipinski definition) is 5. The zero-order chi connectivity index (χ0) is 22.3. The van der Waals surface area contributed by atoms with Crippen molar-refractivity contribution in [3.8, 4) is 11.5 Å². The number of halogens is 1. The van der Waals surface area contributed by atoms with Crippen molar-refractivity contribution < 1.29 is 19.1 Å². The molecular formula is C25H23ClN2O4. The lowest BCUT2D eigenvalue weighted by Crippen LogP contribution is -2.31. The van der Waals surface area contributed by atoms with Crippen molar-refractivity contribution in [1.29, 1.82) is 0 Å². The van der Waals surface area contributed by atoms with Gasteiger partial charge in [-0.1, -0.05) is 47.1 Å². The Kier molecular flexibility index (Phi) is 6.92. The highest BCUT2D eigenvalue weighted by Crippen LogP contribution is 2.29. The Bertz CT molecular complexity index is 1120. The van der Waals surface area contributed by atoms with E-state index < -0.39 is 0 Å². The van der Waals surface area contributed by atoms with Gasteiger partial charge in [-0.05, 0) is 53.9 Å². The molecule has 4 rings (SSSR count). The molecule has 0 fully saturated rings. The number of hydrogen-bond donors (Lipinski definition) is 0. The molecule has 0 N–H and O–H groups in total. The Labute approximate surface area is 192 Å². The number of nitrogens with zero attached hydrogens (tertiary/aromatic N) is 2. The molecule has 32 heavy (non-hydrogen) atoms. The van der Waals surface area contributed by atoms with Gasteiger partial charge in [-0.3, -0.25) is 4.79 Å². The molecule has 7 heteroatoms. The molecule has 6 nitrogen and oxygen atoms in total. The van der Waals surface area contributed by atoms with E-state index in [4.69, 9.17) is 25.9 Å². The predicted octanol–water partition coefficient (Wildman–Crippen LogP) is 4.87. The molecule has 1 aliphatic rings. The van der Waals surface area contributed by atoms with Crippen LogP contribution < -0.4 is 14.4 Å². The molecule has 1 heterocycles. The molecule has 0 spiro atoms. The summed E-state index contributed by atoms with van der Waals surface area (Å²) < 4.78 is 11.3. The van der Waals surface area contributed by atoms with Crippen LogP contribution >= 0.6 is 11.6 Å². The maximum atomic E-state index is 12.5. The Morgan fingerprint density at radius 2 is 1.91 bits per heavy atom. The second kappa shape index (κ2) is 10.2. The van der Waals surface area contributed by atoms with E-state index in [1.165, 1.54) is 11.8 Å². The third-order valence-electron chi connectivity index (χ3n) is 5.15. The van der Waals surface area contributed by atoms with Crippen LogP contribution in [0.1, 0.15) is 16.7 Å². The second-order valence-electron chi connectivity index (χ2n) is 7.26. The molecule has 0 aromatic heterocycles. The number of ether oxygens (including phenoxy) is 2. The van der Waals surface area contributed by atoms with E-state index in [2.05, 4.69) is 5.16 Å². The molecule has 0 saturated heterocycles. The fourth-order valence-corrected chi connectivity index (χ4v) is 3.62. The first kappa shape index (κ1) is 21.7. The molecule has 0 atom stereocenters. The van der Waals surface area contributed by atoms with Gasteiger partial charge in [0, 0.05) is 22.8 Å². The minimum Gasteiger partial charge on any atom is -0.493 e. The SMILES string of the molecule is COc1cc(/C=N/OCC(=O)N2CCc3ccccc32)ccc1OCc1ccc(Cl)cc1. The summed E-state index contributed by atoms with van der Waals surface area (Å²) in [6.07, 6.45) is 2.40. The van der Waals surface area contributed by atoms with E-state index in [0.29, 0.717) is 29.7 Å². The van der Waals surface area contributed by atoms with Crippen molar-refractivity contribution in [2.45, 2.75) is 13.0 Å². The standard InChI is InChI=1S/C25H23ClN2O4/c1-30-24-14-19(8-11-23(24)31-16-18-6-9-21(26)10-7-18)15-27-32-17-25(29)28-13-12-20-4-2-3-5-22(20)28/h2-11,14-15H,12-13,16-17H2,1H3/b27-15+. The first-order valence-electron chi connectivity index (χ1n) is 10.2. The van der Waals surface area contributed by atoms with E-state index in [1.54, 1.807) is 18.1 Å². The summed E-state index contributed by atoms with van der Waals surface area (Å²) in [7, 11) is 1.58. The van der Waals surface area contributed by atoms with Crippen molar-refractivity contribution in [2.75, 3.05) is 25.2 Å². The monoisotopic (exact) mass is 450 g/mol. The molecule has 0 unspecified atom stereocenters. The van der Waals surface area contributed by atoms with Crippen LogP contribution in [0.15, 0.2) is 71.9 Å². The lowest BCUT2D eigenvalue weighted by molar-refractivity contribution is -0.122. The lowest BCUT2D eigenvalue weighted by atomic mass is 10.2. The summed E-state index contributed by atoms with van der Waals surface area (Å²) >= 11 is 5.91. The van der Waals surface area contributed by atoms with Crippen molar-refractivity contribution in [1.82, 2.24) is 0 Å². The van der Waals surface area contributed by atoms with Crippen LogP contribution in [0.2, 0.25) is 5.02 Å². The number of methoxy groups -OCH3 is 1. The maximum absolute atomic E-state index is 12.5. The average molecular weight is 451 g/mol. The summed E-state index contributed by atoms with van der Waals surface area (Å²) in [6.45, 7) is 0.940. The van der Waals surface area contributed by atoms with Gasteiger partial charge in [0.05, 0.1) is 13.3 Å². The van der Waals surface area contributed by atoms with Gasteiger partial charge in [0.25, 0.3) is 5.91 Å². The van der Waals surface area contributed by atoms with Crippen LogP contribution in [-0.4, -0.2) is 32.4 Å². The van der Waals surface area contributed by atoms with Crippen LogP contribution in [0.5, 0.6) is 11.5 Å². The zero-order valence-electron chi connectivity index (χ0n) is 17.7. The molecule has 0 radical (unpaired) electrons. The molecule has 3 aromatic rings. The van der Waals surface area contributed by atoms with Gasteiger partial charge in [0.2, 0.25) is 0 Å². The van der Waals surface area contributed by atoms with Crippen LogP contribution in [0, 0.1) is 0 Å². The topological polar surface area (TPSA) is 60.4 Å². The zero-order valence-corrected chi connectivity index (χ0v) is 18.4. The summed E-state index contributed by atoms with van der Waals surface area (Å²) in [5.74, 6) is 1.08. The number of amides is 1. The van der Waals surface area contributed by atoms with Gasteiger partial charge in [-0.25, -0.2) is 0 Å². The number of carbonyl (C=O) groups is 1. The normalized spacial score (nSPS) is 12.6. The van der Waals surface area contributed by atoms with Crippen LogP contribution in [-0.2, 0) is 22.7 Å². The number of anilines is 1. The van der Waals surface area contributed by atoms with E-state index in [-0.39, 0.29) is 12.5 Å². The third kappa shape index (κ3) is 5.21. The smallest absolute Gasteiger partial charge is 0.267 e. The maximum Gasteiger partial charge on any atom is 0.267 e. The van der Waals surface area contributed by atoms with Crippen molar-refractivity contribution in [3.05, 3.63) is 88.4 Å². The Morgan fingerprint density at radius 1 is 1.09 bits per heavy atom. The quantitative estimate of drug-likeness (QED) is 0.363. The molecule has 164 valence electrons. The van der Waals surface area contributed by atoms with Gasteiger partial charge in [0.1, 0.15) is 6.61 Å². The third-order valence-corrected chi connectivity index (χ3v) is 5.40. The first-order chi connectivity index (χ1) is 15.6. The molecular weight excluding hydrogens is 428 g/mol. The van der Waals surface area contributed by atoms with Crippen molar-refractivity contribution >= 4 is 29.4 Å². The first-order valence-corrected chi connectivity index (χ1v) is 10.6. The number of carbonyl (C=O) groups excluding carboxylic acids is 1. The molecule has 0 aliphatic carbocycles. The van der Waals surface area contributed by atoms with Crippen molar-refractivity contribution in [2.24, 2.45) is 5.16 Å². The Hall–Kier alpha value is -3.51. The van der Waals surface area contributed by atoms with Crippen LogP contribution in [0.3, 0.4) is 0 Å². The van der Waals surface area contributed by atoms with Crippen molar-refractivity contribution in [3.63, 3.8) is 0 Å². The summed E-state index contributed by atoms with van der Waals surface area (Å²) in [4.78, 5) is 19.4. The molecule has 0 saturated carbocycles. The molecule has 3 aromatic carbocycles. The summed E-state index contributed by atoms with van der Waals surface area (Å²) in [5, 5.41) is 4.62. The lowest BCUT2D eigenvalue weighted by Gasteiger charge is -2.16. The highest BCUT2D eigenvalue weighted by atomic mass is 35.5. The molecule has 1 amide bonds. The number of benzene rings is 3. The van der Waals surface area contributed by atoms with Crippen LogP contribution in [0.25, 0.3) is 0 Å². The van der Waals surface area contributed by atoms with Gasteiger partial charge < -0.3 is 19.2 Å². The minimum absolute atomic E-state index is 0.115. The van der Waals surface area contributed by atoms with Gasteiger partial charge in [-0.2, -0.15) is 0 Å². The van der Waals surface area contributed by atoms with Gasteiger partial charge in [0.15, 0.2) is 18.1 Å². The van der Waals surface area contributed by atoms with Gasteiger partial charge in [-0.15, -0.1) is 0 Å². The van der Waals surface area contributed by atoms with Gasteiger partial charge >= 0.3 is 0 Å². The van der Waals surface area contributed by atoms with E-state index in [0.717, 1.165) is 23.2 Å². The van der Waals surface area contributed by atoms with E-state index >= 15 is 0 Å².